The summed E-state index contributed by atoms with van der Waals surface area (Å²) in [7, 11) is 5.55. The van der Waals surface area contributed by atoms with E-state index in [1.165, 1.54) is 24.9 Å². The largest absolute Gasteiger partial charge is 0.493 e. The molecule has 1 fully saturated rings. The number of piperidine rings is 1. The SMILES string of the molecule is COc1ccc(C2CCCN(C)C2)cc1OC.Cl. The normalized spacial score (nSPS) is 20.1. The fourth-order valence-corrected chi connectivity index (χ4v) is 2.55. The minimum absolute atomic E-state index is 0. The van der Waals surface area contributed by atoms with Crippen molar-refractivity contribution in [1.29, 1.82) is 0 Å². The lowest BCUT2D eigenvalue weighted by molar-refractivity contribution is 0.250. The fourth-order valence-electron chi connectivity index (χ4n) is 2.55. The van der Waals surface area contributed by atoms with Gasteiger partial charge in [-0.05, 0) is 50.0 Å². The Morgan fingerprint density at radius 1 is 1.17 bits per heavy atom. The number of rotatable bonds is 3. The van der Waals surface area contributed by atoms with Crippen LogP contribution in [-0.4, -0.2) is 39.3 Å². The first-order valence-corrected chi connectivity index (χ1v) is 6.15. The summed E-state index contributed by atoms with van der Waals surface area (Å²) < 4.78 is 10.6. The summed E-state index contributed by atoms with van der Waals surface area (Å²) >= 11 is 0. The van der Waals surface area contributed by atoms with Crippen molar-refractivity contribution >= 4 is 12.4 Å². The third-order valence-electron chi connectivity index (χ3n) is 3.50. The zero-order valence-electron chi connectivity index (χ0n) is 11.3. The van der Waals surface area contributed by atoms with Crippen molar-refractivity contribution in [1.82, 2.24) is 4.90 Å². The minimum Gasteiger partial charge on any atom is -0.493 e. The van der Waals surface area contributed by atoms with Crippen LogP contribution < -0.4 is 9.47 Å². The number of benzene rings is 1. The van der Waals surface area contributed by atoms with Crippen molar-refractivity contribution in [2.45, 2.75) is 18.8 Å². The summed E-state index contributed by atoms with van der Waals surface area (Å²) in [6.07, 6.45) is 2.54. The first kappa shape index (κ1) is 15.1. The lowest BCUT2D eigenvalue weighted by Crippen LogP contribution is -2.30. The second-order valence-electron chi connectivity index (χ2n) is 4.72. The first-order valence-electron chi connectivity index (χ1n) is 6.15. The molecule has 2 rings (SSSR count). The molecule has 1 aromatic carbocycles. The van der Waals surface area contributed by atoms with Crippen LogP contribution in [0.1, 0.15) is 24.3 Å². The molecule has 1 aromatic rings. The number of halogens is 1. The van der Waals surface area contributed by atoms with Gasteiger partial charge in [0.2, 0.25) is 0 Å². The Bertz CT molecular complexity index is 384. The van der Waals surface area contributed by atoms with E-state index in [4.69, 9.17) is 9.47 Å². The van der Waals surface area contributed by atoms with Crippen molar-refractivity contribution in [3.8, 4) is 11.5 Å². The number of nitrogens with zero attached hydrogens (tertiary/aromatic N) is 1. The molecule has 1 saturated heterocycles. The lowest BCUT2D eigenvalue weighted by Gasteiger charge is -2.30. The van der Waals surface area contributed by atoms with Gasteiger partial charge in [0.05, 0.1) is 14.2 Å². The number of hydrogen-bond donors (Lipinski definition) is 0. The highest BCUT2D eigenvalue weighted by molar-refractivity contribution is 5.85. The molecule has 1 heterocycles. The first-order chi connectivity index (χ1) is 8.24. The van der Waals surface area contributed by atoms with Crippen molar-refractivity contribution in [3.05, 3.63) is 23.8 Å². The molecule has 1 unspecified atom stereocenters. The summed E-state index contributed by atoms with van der Waals surface area (Å²) in [5.74, 6) is 2.26. The zero-order chi connectivity index (χ0) is 12.3. The van der Waals surface area contributed by atoms with Crippen LogP contribution in [0.4, 0.5) is 0 Å². The lowest BCUT2D eigenvalue weighted by atomic mass is 9.90. The molecule has 0 bridgehead atoms. The molecular formula is C14H22ClNO2. The molecule has 1 aliphatic heterocycles. The molecule has 102 valence electrons. The summed E-state index contributed by atoms with van der Waals surface area (Å²) in [4.78, 5) is 2.39. The van der Waals surface area contributed by atoms with Crippen LogP contribution in [-0.2, 0) is 0 Å². The monoisotopic (exact) mass is 271 g/mol. The molecule has 1 aliphatic rings. The van der Waals surface area contributed by atoms with Gasteiger partial charge in [0.1, 0.15) is 0 Å². The fraction of sp³-hybridized carbons (Fsp3) is 0.571. The Labute approximate surface area is 115 Å². The molecular weight excluding hydrogens is 250 g/mol. The highest BCUT2D eigenvalue weighted by Crippen LogP contribution is 2.33. The Balaban J connectivity index is 0.00000162. The number of likely N-dealkylation sites (N-methyl/N-ethyl adjacent to an activating group) is 1. The number of ether oxygens (including phenoxy) is 2. The van der Waals surface area contributed by atoms with E-state index < -0.39 is 0 Å². The van der Waals surface area contributed by atoms with Crippen molar-refractivity contribution in [2.75, 3.05) is 34.4 Å². The molecule has 0 N–H and O–H groups in total. The Hall–Kier alpha value is -0.930. The third-order valence-corrected chi connectivity index (χ3v) is 3.50. The molecule has 4 heteroatoms. The average molecular weight is 272 g/mol. The van der Waals surface area contributed by atoms with Crippen LogP contribution in [0.2, 0.25) is 0 Å². The van der Waals surface area contributed by atoms with Crippen LogP contribution in [0.15, 0.2) is 18.2 Å². The van der Waals surface area contributed by atoms with E-state index >= 15 is 0 Å². The van der Waals surface area contributed by atoms with E-state index in [2.05, 4.69) is 24.1 Å². The van der Waals surface area contributed by atoms with Gasteiger partial charge in [-0.15, -0.1) is 12.4 Å². The van der Waals surface area contributed by atoms with Gasteiger partial charge in [0.15, 0.2) is 11.5 Å². The molecule has 0 radical (unpaired) electrons. The Morgan fingerprint density at radius 2 is 1.89 bits per heavy atom. The van der Waals surface area contributed by atoms with E-state index in [1.807, 2.05) is 6.07 Å². The van der Waals surface area contributed by atoms with E-state index in [9.17, 15) is 0 Å². The summed E-state index contributed by atoms with van der Waals surface area (Å²) in [5.41, 5.74) is 1.36. The average Bonchev–Trinajstić information content (AvgIpc) is 2.38. The van der Waals surface area contributed by atoms with Gasteiger partial charge in [-0.25, -0.2) is 0 Å². The Morgan fingerprint density at radius 3 is 2.50 bits per heavy atom. The third kappa shape index (κ3) is 3.30. The number of methoxy groups -OCH3 is 2. The summed E-state index contributed by atoms with van der Waals surface area (Å²) in [6.45, 7) is 2.35. The van der Waals surface area contributed by atoms with Gasteiger partial charge in [-0.2, -0.15) is 0 Å². The molecule has 0 spiro atoms. The second kappa shape index (κ2) is 6.86. The highest BCUT2D eigenvalue weighted by atomic mass is 35.5. The highest BCUT2D eigenvalue weighted by Gasteiger charge is 2.20. The molecule has 18 heavy (non-hydrogen) atoms. The standard InChI is InChI=1S/C14H21NO2.ClH/c1-15-8-4-5-12(10-15)11-6-7-13(16-2)14(9-11)17-3;/h6-7,9,12H,4-5,8,10H2,1-3H3;1H. The van der Waals surface area contributed by atoms with Crippen LogP contribution in [0.5, 0.6) is 11.5 Å². The van der Waals surface area contributed by atoms with Crippen LogP contribution in [0, 0.1) is 0 Å². The number of likely N-dealkylation sites (tertiary alicyclic amines) is 1. The van der Waals surface area contributed by atoms with E-state index in [-0.39, 0.29) is 12.4 Å². The second-order valence-corrected chi connectivity index (χ2v) is 4.72. The number of hydrogen-bond acceptors (Lipinski definition) is 3. The van der Waals surface area contributed by atoms with Crippen LogP contribution >= 0.6 is 12.4 Å². The van der Waals surface area contributed by atoms with Gasteiger partial charge in [0, 0.05) is 6.54 Å². The zero-order valence-corrected chi connectivity index (χ0v) is 12.1. The van der Waals surface area contributed by atoms with Crippen molar-refractivity contribution in [3.63, 3.8) is 0 Å². The van der Waals surface area contributed by atoms with Gasteiger partial charge >= 0.3 is 0 Å². The molecule has 0 saturated carbocycles. The minimum atomic E-state index is 0. The maximum Gasteiger partial charge on any atom is 0.160 e. The molecule has 0 aromatic heterocycles. The molecule has 0 amide bonds. The summed E-state index contributed by atoms with van der Waals surface area (Å²) in [5, 5.41) is 0. The van der Waals surface area contributed by atoms with Gasteiger partial charge in [-0.1, -0.05) is 6.07 Å². The van der Waals surface area contributed by atoms with E-state index in [0.29, 0.717) is 5.92 Å². The van der Waals surface area contributed by atoms with Crippen LogP contribution in [0.25, 0.3) is 0 Å². The van der Waals surface area contributed by atoms with Gasteiger partial charge < -0.3 is 14.4 Å². The predicted octanol–water partition coefficient (Wildman–Crippen LogP) is 2.93. The maximum absolute atomic E-state index is 5.36. The molecule has 0 aliphatic carbocycles. The molecule has 3 nitrogen and oxygen atoms in total. The van der Waals surface area contributed by atoms with E-state index in [1.54, 1.807) is 14.2 Å². The quantitative estimate of drug-likeness (QED) is 0.844. The molecule has 1 atom stereocenters. The predicted molar refractivity (Wildman–Crippen MR) is 76.3 cm³/mol. The smallest absolute Gasteiger partial charge is 0.160 e. The van der Waals surface area contributed by atoms with E-state index in [0.717, 1.165) is 18.0 Å². The maximum atomic E-state index is 5.36. The topological polar surface area (TPSA) is 21.7 Å². The summed E-state index contributed by atoms with van der Waals surface area (Å²) in [6, 6.07) is 6.27. The van der Waals surface area contributed by atoms with Crippen LogP contribution in [0.3, 0.4) is 0 Å². The Kier molecular flexibility index (Phi) is 5.76. The van der Waals surface area contributed by atoms with Crippen molar-refractivity contribution in [2.24, 2.45) is 0 Å². The van der Waals surface area contributed by atoms with Crippen molar-refractivity contribution < 1.29 is 9.47 Å². The van der Waals surface area contributed by atoms with Gasteiger partial charge in [-0.3, -0.25) is 0 Å². The van der Waals surface area contributed by atoms with Gasteiger partial charge in [0.25, 0.3) is 0 Å².